The standard InChI is InChI=1S/C51H34N4/c1-6-16-35(17-7-1)36-26-28-37(29-27-36)45-34-46(53-51(52-45)41-24-14-5-15-25-41)43-31-30-42-33-47(38-18-8-2-9-19-38)55-50(44(42)32-43)48(39-20-10-3-11-21-39)49(54-55)40-22-12-4-13-23-40/h1-34H. The lowest BCUT2D eigenvalue weighted by Gasteiger charge is -2.13. The molecule has 0 spiro atoms. The fraction of sp³-hybridized carbons (Fsp3) is 0. The van der Waals surface area contributed by atoms with Crippen LogP contribution in [0.25, 0.3) is 95.0 Å². The van der Waals surface area contributed by atoms with Crippen molar-refractivity contribution in [2.45, 2.75) is 0 Å². The summed E-state index contributed by atoms with van der Waals surface area (Å²) in [6, 6.07) is 72.0. The van der Waals surface area contributed by atoms with Gasteiger partial charge in [-0.15, -0.1) is 0 Å². The maximum atomic E-state index is 5.42. The first-order valence-electron chi connectivity index (χ1n) is 18.5. The largest absolute Gasteiger partial charge is 0.231 e. The zero-order chi connectivity index (χ0) is 36.6. The normalized spacial score (nSPS) is 11.3. The van der Waals surface area contributed by atoms with Gasteiger partial charge >= 0.3 is 0 Å². The van der Waals surface area contributed by atoms with E-state index >= 15 is 0 Å². The van der Waals surface area contributed by atoms with Crippen LogP contribution in [-0.4, -0.2) is 19.6 Å². The molecule has 0 saturated carbocycles. The Kier molecular flexibility index (Phi) is 8.12. The van der Waals surface area contributed by atoms with Crippen LogP contribution in [0, 0.1) is 0 Å². The third-order valence-corrected chi connectivity index (χ3v) is 10.2. The number of aromatic nitrogens is 4. The van der Waals surface area contributed by atoms with Gasteiger partial charge in [-0.2, -0.15) is 5.10 Å². The maximum absolute atomic E-state index is 5.42. The second kappa shape index (κ2) is 13.8. The van der Waals surface area contributed by atoms with E-state index in [4.69, 9.17) is 15.1 Å². The molecule has 3 aromatic heterocycles. The molecule has 7 aromatic carbocycles. The van der Waals surface area contributed by atoms with Gasteiger partial charge in [-0.05, 0) is 40.3 Å². The van der Waals surface area contributed by atoms with Crippen LogP contribution in [0.5, 0.6) is 0 Å². The Morgan fingerprint density at radius 2 is 0.818 bits per heavy atom. The lowest BCUT2D eigenvalue weighted by molar-refractivity contribution is 0.979. The van der Waals surface area contributed by atoms with Crippen molar-refractivity contribution >= 4 is 16.3 Å². The number of fused-ring (bicyclic) bond motifs is 3. The van der Waals surface area contributed by atoms with E-state index in [1.54, 1.807) is 0 Å². The SMILES string of the molecule is c1ccc(-c2ccc(-c3cc(-c4ccc5cc(-c6ccccc6)n6nc(-c7ccccc7)c(-c7ccccc7)c6c5c4)nc(-c4ccccc4)n3)cc2)cc1. The Hall–Kier alpha value is -7.43. The minimum absolute atomic E-state index is 0.686. The highest BCUT2D eigenvalue weighted by atomic mass is 15.2. The molecular weight excluding hydrogens is 669 g/mol. The molecule has 55 heavy (non-hydrogen) atoms. The molecule has 0 unspecified atom stereocenters. The minimum Gasteiger partial charge on any atom is -0.231 e. The number of pyridine rings is 1. The highest BCUT2D eigenvalue weighted by Gasteiger charge is 2.22. The summed E-state index contributed by atoms with van der Waals surface area (Å²) in [5.41, 5.74) is 14.5. The van der Waals surface area contributed by atoms with Crippen molar-refractivity contribution in [2.75, 3.05) is 0 Å². The third-order valence-electron chi connectivity index (χ3n) is 10.2. The van der Waals surface area contributed by atoms with Crippen molar-refractivity contribution in [1.29, 1.82) is 0 Å². The van der Waals surface area contributed by atoms with Crippen LogP contribution in [0.1, 0.15) is 0 Å². The van der Waals surface area contributed by atoms with E-state index in [0.717, 1.165) is 78.0 Å². The van der Waals surface area contributed by atoms with Crippen molar-refractivity contribution in [3.05, 3.63) is 206 Å². The third kappa shape index (κ3) is 6.06. The van der Waals surface area contributed by atoms with Crippen molar-refractivity contribution in [2.24, 2.45) is 0 Å². The summed E-state index contributed by atoms with van der Waals surface area (Å²) in [5.74, 6) is 0.686. The van der Waals surface area contributed by atoms with E-state index in [-0.39, 0.29) is 0 Å². The van der Waals surface area contributed by atoms with Crippen LogP contribution >= 0.6 is 0 Å². The van der Waals surface area contributed by atoms with Crippen molar-refractivity contribution in [1.82, 2.24) is 19.6 Å². The average molecular weight is 703 g/mol. The predicted octanol–water partition coefficient (Wildman–Crippen LogP) is 12.9. The van der Waals surface area contributed by atoms with E-state index in [1.165, 1.54) is 11.1 Å². The zero-order valence-corrected chi connectivity index (χ0v) is 29.9. The van der Waals surface area contributed by atoms with Crippen LogP contribution in [0.4, 0.5) is 0 Å². The van der Waals surface area contributed by atoms with Gasteiger partial charge in [-0.3, -0.25) is 0 Å². The molecule has 4 heteroatoms. The van der Waals surface area contributed by atoms with Crippen molar-refractivity contribution < 1.29 is 0 Å². The molecule has 0 aliphatic rings. The highest BCUT2D eigenvalue weighted by molar-refractivity contribution is 6.09. The van der Waals surface area contributed by atoms with Gasteiger partial charge in [0.25, 0.3) is 0 Å². The molecule has 0 atom stereocenters. The quantitative estimate of drug-likeness (QED) is 0.166. The summed E-state index contributed by atoms with van der Waals surface area (Å²) >= 11 is 0. The number of nitrogens with zero attached hydrogens (tertiary/aromatic N) is 4. The molecule has 0 aliphatic carbocycles. The fourth-order valence-corrected chi connectivity index (χ4v) is 7.51. The Bertz CT molecular complexity index is 2920. The van der Waals surface area contributed by atoms with Gasteiger partial charge < -0.3 is 0 Å². The molecule has 4 nitrogen and oxygen atoms in total. The van der Waals surface area contributed by atoms with E-state index in [2.05, 4.69) is 187 Å². The van der Waals surface area contributed by atoms with E-state index in [0.29, 0.717) is 5.82 Å². The summed E-state index contributed by atoms with van der Waals surface area (Å²) in [4.78, 5) is 10.3. The Morgan fingerprint density at radius 3 is 1.44 bits per heavy atom. The molecule has 0 amide bonds. The summed E-state index contributed by atoms with van der Waals surface area (Å²) in [6.45, 7) is 0. The van der Waals surface area contributed by atoms with Gasteiger partial charge in [0.05, 0.1) is 22.6 Å². The second-order valence-corrected chi connectivity index (χ2v) is 13.7. The number of rotatable bonds is 7. The summed E-state index contributed by atoms with van der Waals surface area (Å²) < 4.78 is 2.14. The molecule has 0 bridgehead atoms. The first-order valence-corrected chi connectivity index (χ1v) is 18.5. The molecular formula is C51H34N4. The van der Waals surface area contributed by atoms with Crippen LogP contribution in [0.3, 0.4) is 0 Å². The number of hydrogen-bond donors (Lipinski definition) is 0. The van der Waals surface area contributed by atoms with Crippen LogP contribution in [0.2, 0.25) is 0 Å². The van der Waals surface area contributed by atoms with Gasteiger partial charge in [0.1, 0.15) is 5.69 Å². The van der Waals surface area contributed by atoms with Crippen LogP contribution < -0.4 is 0 Å². The van der Waals surface area contributed by atoms with E-state index in [9.17, 15) is 0 Å². The molecule has 0 fully saturated rings. The fourth-order valence-electron chi connectivity index (χ4n) is 7.51. The Morgan fingerprint density at radius 1 is 0.345 bits per heavy atom. The summed E-state index contributed by atoms with van der Waals surface area (Å²) in [6.07, 6.45) is 0. The van der Waals surface area contributed by atoms with E-state index < -0.39 is 0 Å². The van der Waals surface area contributed by atoms with Gasteiger partial charge in [-0.1, -0.05) is 188 Å². The van der Waals surface area contributed by atoms with Crippen molar-refractivity contribution in [3.8, 4) is 78.7 Å². The first kappa shape index (κ1) is 32.2. The van der Waals surface area contributed by atoms with Crippen LogP contribution in [-0.2, 0) is 0 Å². The summed E-state index contributed by atoms with van der Waals surface area (Å²) in [7, 11) is 0. The van der Waals surface area contributed by atoms with Crippen LogP contribution in [0.15, 0.2) is 206 Å². The lowest BCUT2D eigenvalue weighted by Crippen LogP contribution is -1.97. The average Bonchev–Trinajstić information content (AvgIpc) is 3.69. The molecule has 10 rings (SSSR count). The van der Waals surface area contributed by atoms with Gasteiger partial charge in [0, 0.05) is 38.8 Å². The smallest absolute Gasteiger partial charge is 0.160 e. The Labute approximate surface area is 319 Å². The maximum Gasteiger partial charge on any atom is 0.160 e. The van der Waals surface area contributed by atoms with Gasteiger partial charge in [0.2, 0.25) is 0 Å². The number of hydrogen-bond acceptors (Lipinski definition) is 3. The molecule has 0 aliphatic heterocycles. The van der Waals surface area contributed by atoms with Gasteiger partial charge in [-0.25, -0.2) is 14.5 Å². The predicted molar refractivity (Wildman–Crippen MR) is 226 cm³/mol. The monoisotopic (exact) mass is 702 g/mol. The highest BCUT2D eigenvalue weighted by Crippen LogP contribution is 2.42. The lowest BCUT2D eigenvalue weighted by atomic mass is 9.95. The molecule has 3 heterocycles. The molecule has 0 saturated heterocycles. The molecule has 0 radical (unpaired) electrons. The second-order valence-electron chi connectivity index (χ2n) is 13.7. The number of benzene rings is 7. The zero-order valence-electron chi connectivity index (χ0n) is 29.9. The Balaban J connectivity index is 1.22. The minimum atomic E-state index is 0.686. The topological polar surface area (TPSA) is 43.1 Å². The molecule has 0 N–H and O–H groups in total. The molecule has 10 aromatic rings. The van der Waals surface area contributed by atoms with Gasteiger partial charge in [0.15, 0.2) is 5.82 Å². The van der Waals surface area contributed by atoms with E-state index in [1.807, 2.05) is 24.3 Å². The first-order chi connectivity index (χ1) is 27.3. The molecule has 258 valence electrons. The van der Waals surface area contributed by atoms with Crippen molar-refractivity contribution in [3.63, 3.8) is 0 Å². The summed E-state index contributed by atoms with van der Waals surface area (Å²) in [5, 5.41) is 7.64.